The van der Waals surface area contributed by atoms with Crippen molar-refractivity contribution in [3.8, 4) is 11.5 Å². The average molecular weight is 418 g/mol. The van der Waals surface area contributed by atoms with Gasteiger partial charge < -0.3 is 19.4 Å². The van der Waals surface area contributed by atoms with E-state index in [9.17, 15) is 4.79 Å². The molecule has 0 saturated carbocycles. The minimum Gasteiger partial charge on any atom is -0.457 e. The van der Waals surface area contributed by atoms with Gasteiger partial charge in [0.15, 0.2) is 0 Å². The van der Waals surface area contributed by atoms with Gasteiger partial charge in [0.2, 0.25) is 0 Å². The van der Waals surface area contributed by atoms with Crippen molar-refractivity contribution >= 4 is 17.5 Å². The molecule has 0 unspecified atom stereocenters. The van der Waals surface area contributed by atoms with E-state index in [1.165, 1.54) is 0 Å². The number of carbonyl (C=O) groups is 1. The van der Waals surface area contributed by atoms with Gasteiger partial charge in [-0.1, -0.05) is 30.3 Å². The van der Waals surface area contributed by atoms with Crippen molar-refractivity contribution < 1.29 is 9.53 Å². The molecule has 160 valence electrons. The van der Waals surface area contributed by atoms with Crippen molar-refractivity contribution in [2.45, 2.75) is 6.92 Å². The number of aryl methyl sites for hydroxylation is 1. The highest BCUT2D eigenvalue weighted by molar-refractivity contribution is 5.97. The molecule has 2 heterocycles. The number of benzene rings is 2. The van der Waals surface area contributed by atoms with E-state index in [2.05, 4.69) is 14.9 Å². The Morgan fingerprint density at radius 3 is 2.32 bits per heavy atom. The molecule has 1 saturated heterocycles. The van der Waals surface area contributed by atoms with Crippen molar-refractivity contribution in [1.29, 1.82) is 0 Å². The molecule has 0 atom stereocenters. The average Bonchev–Trinajstić information content (AvgIpc) is 2.79. The van der Waals surface area contributed by atoms with Crippen LogP contribution in [0.1, 0.15) is 16.2 Å². The van der Waals surface area contributed by atoms with Crippen molar-refractivity contribution in [2.24, 2.45) is 0 Å². The van der Waals surface area contributed by atoms with Gasteiger partial charge in [-0.2, -0.15) is 0 Å². The quantitative estimate of drug-likeness (QED) is 0.632. The molecule has 1 fully saturated rings. The smallest absolute Gasteiger partial charge is 0.257 e. The fraction of sp³-hybridized carbons (Fsp3) is 0.292. The van der Waals surface area contributed by atoms with E-state index in [4.69, 9.17) is 4.74 Å². The summed E-state index contributed by atoms with van der Waals surface area (Å²) in [5.74, 6) is 3.79. The molecule has 0 N–H and O–H groups in total. The van der Waals surface area contributed by atoms with Crippen LogP contribution in [-0.2, 0) is 0 Å². The van der Waals surface area contributed by atoms with Gasteiger partial charge in [-0.3, -0.25) is 4.79 Å². The predicted octanol–water partition coefficient (Wildman–Crippen LogP) is 3.61. The number of amides is 1. The number of carbonyl (C=O) groups excluding carboxylic acids is 1. The summed E-state index contributed by atoms with van der Waals surface area (Å²) < 4.78 is 5.98. The lowest BCUT2D eigenvalue weighted by atomic mass is 10.1. The van der Waals surface area contributed by atoms with Crippen LogP contribution in [0.3, 0.4) is 0 Å². The molecule has 0 bridgehead atoms. The lowest BCUT2D eigenvalue weighted by Gasteiger charge is -2.36. The van der Waals surface area contributed by atoms with Crippen molar-refractivity contribution in [3.63, 3.8) is 0 Å². The van der Waals surface area contributed by atoms with E-state index in [0.717, 1.165) is 30.5 Å². The molecular weight excluding hydrogens is 390 g/mol. The first-order chi connectivity index (χ1) is 15.0. The molecule has 3 aromatic rings. The number of para-hydroxylation sites is 2. The maximum absolute atomic E-state index is 13.2. The molecule has 2 aromatic carbocycles. The summed E-state index contributed by atoms with van der Waals surface area (Å²) in [5, 5.41) is 0. The Morgan fingerprint density at radius 1 is 0.935 bits per heavy atom. The summed E-state index contributed by atoms with van der Waals surface area (Å²) in [6, 6.07) is 18.9. The van der Waals surface area contributed by atoms with Crippen LogP contribution in [0.4, 0.5) is 11.6 Å². The standard InChI is InChI=1S/C24H27N5O2/c1-18-25-22(27(2)3)17-23(26-18)28-13-15-29(16-14-28)24(30)20-11-7-8-12-21(20)31-19-9-5-4-6-10-19/h4-12,17H,13-16H2,1-3H3. The summed E-state index contributed by atoms with van der Waals surface area (Å²) in [5.41, 5.74) is 0.576. The molecule has 0 aliphatic carbocycles. The number of ether oxygens (including phenoxy) is 1. The molecule has 0 spiro atoms. The van der Waals surface area contributed by atoms with Crippen LogP contribution in [0.5, 0.6) is 11.5 Å². The highest BCUT2D eigenvalue weighted by Gasteiger charge is 2.25. The number of piperazine rings is 1. The summed E-state index contributed by atoms with van der Waals surface area (Å²) in [6.07, 6.45) is 0. The molecule has 7 nitrogen and oxygen atoms in total. The van der Waals surface area contributed by atoms with E-state index in [0.29, 0.717) is 30.2 Å². The minimum atomic E-state index is -0.0148. The first kappa shape index (κ1) is 20.7. The zero-order valence-electron chi connectivity index (χ0n) is 18.2. The second-order valence-corrected chi connectivity index (χ2v) is 7.72. The third kappa shape index (κ3) is 4.77. The maximum Gasteiger partial charge on any atom is 0.257 e. The molecule has 1 aromatic heterocycles. The summed E-state index contributed by atoms with van der Waals surface area (Å²) in [6.45, 7) is 4.59. The van der Waals surface area contributed by atoms with Gasteiger partial charge in [0.05, 0.1) is 5.56 Å². The molecule has 1 amide bonds. The number of hydrogen-bond acceptors (Lipinski definition) is 6. The normalized spacial score (nSPS) is 13.8. The molecule has 1 aliphatic heterocycles. The van der Waals surface area contributed by atoms with Crippen LogP contribution < -0.4 is 14.5 Å². The first-order valence-corrected chi connectivity index (χ1v) is 10.4. The number of hydrogen-bond donors (Lipinski definition) is 0. The van der Waals surface area contributed by atoms with Crippen LogP contribution >= 0.6 is 0 Å². The van der Waals surface area contributed by atoms with Crippen LogP contribution in [0, 0.1) is 6.92 Å². The van der Waals surface area contributed by atoms with Crippen LogP contribution in [0.2, 0.25) is 0 Å². The maximum atomic E-state index is 13.2. The highest BCUT2D eigenvalue weighted by Crippen LogP contribution is 2.27. The SMILES string of the molecule is Cc1nc(N(C)C)cc(N2CCN(C(=O)c3ccccc3Oc3ccccc3)CC2)n1. The van der Waals surface area contributed by atoms with Crippen molar-refractivity contribution in [3.05, 3.63) is 72.1 Å². The zero-order valence-corrected chi connectivity index (χ0v) is 18.2. The van der Waals surface area contributed by atoms with Crippen molar-refractivity contribution in [2.75, 3.05) is 50.1 Å². The molecule has 7 heteroatoms. The Kier molecular flexibility index (Phi) is 6.02. The van der Waals surface area contributed by atoms with E-state index >= 15 is 0 Å². The topological polar surface area (TPSA) is 61.8 Å². The lowest BCUT2D eigenvalue weighted by molar-refractivity contribution is 0.0744. The Balaban J connectivity index is 1.46. The predicted molar refractivity (Wildman–Crippen MR) is 122 cm³/mol. The van der Waals surface area contributed by atoms with Gasteiger partial charge in [0.1, 0.15) is 29.0 Å². The van der Waals surface area contributed by atoms with Crippen LogP contribution in [0.25, 0.3) is 0 Å². The number of aromatic nitrogens is 2. The monoisotopic (exact) mass is 417 g/mol. The molecule has 1 aliphatic rings. The number of anilines is 2. The van der Waals surface area contributed by atoms with Crippen molar-refractivity contribution in [1.82, 2.24) is 14.9 Å². The summed E-state index contributed by atoms with van der Waals surface area (Å²) in [4.78, 5) is 28.4. The molecule has 4 rings (SSSR count). The summed E-state index contributed by atoms with van der Waals surface area (Å²) >= 11 is 0. The second-order valence-electron chi connectivity index (χ2n) is 7.72. The van der Waals surface area contributed by atoms with E-state index < -0.39 is 0 Å². The Morgan fingerprint density at radius 2 is 1.61 bits per heavy atom. The molecule has 31 heavy (non-hydrogen) atoms. The Labute approximate surface area is 182 Å². The fourth-order valence-electron chi connectivity index (χ4n) is 3.58. The molecule has 0 radical (unpaired) electrons. The van der Waals surface area contributed by atoms with Gasteiger partial charge >= 0.3 is 0 Å². The Hall–Kier alpha value is -3.61. The highest BCUT2D eigenvalue weighted by atomic mass is 16.5. The number of rotatable bonds is 5. The van der Waals surface area contributed by atoms with Gasteiger partial charge in [0.25, 0.3) is 5.91 Å². The van der Waals surface area contributed by atoms with Gasteiger partial charge in [-0.05, 0) is 31.2 Å². The fourth-order valence-corrected chi connectivity index (χ4v) is 3.58. The third-order valence-electron chi connectivity index (χ3n) is 5.25. The van der Waals surface area contributed by atoms with Gasteiger partial charge in [-0.25, -0.2) is 9.97 Å². The first-order valence-electron chi connectivity index (χ1n) is 10.4. The van der Waals surface area contributed by atoms with Gasteiger partial charge in [0, 0.05) is 46.3 Å². The minimum absolute atomic E-state index is 0.0148. The zero-order chi connectivity index (χ0) is 21.8. The largest absolute Gasteiger partial charge is 0.457 e. The third-order valence-corrected chi connectivity index (χ3v) is 5.25. The molecular formula is C24H27N5O2. The summed E-state index contributed by atoms with van der Waals surface area (Å²) in [7, 11) is 3.94. The van der Waals surface area contributed by atoms with Crippen LogP contribution in [0.15, 0.2) is 60.7 Å². The van der Waals surface area contributed by atoms with E-state index in [1.807, 2.05) is 91.5 Å². The van der Waals surface area contributed by atoms with E-state index in [1.54, 1.807) is 0 Å². The van der Waals surface area contributed by atoms with E-state index in [-0.39, 0.29) is 5.91 Å². The Bertz CT molecular complexity index is 1050. The number of nitrogens with zero attached hydrogens (tertiary/aromatic N) is 5. The lowest BCUT2D eigenvalue weighted by Crippen LogP contribution is -2.49. The van der Waals surface area contributed by atoms with Crippen LogP contribution in [-0.4, -0.2) is 61.0 Å². The second kappa shape index (κ2) is 9.04. The van der Waals surface area contributed by atoms with Gasteiger partial charge in [-0.15, -0.1) is 0 Å².